The normalized spacial score (nSPS) is 10.6. The number of aromatic nitrogens is 2. The third-order valence-electron chi connectivity index (χ3n) is 6.02. The van der Waals surface area contributed by atoms with Gasteiger partial charge in [-0.3, -0.25) is 4.98 Å². The van der Waals surface area contributed by atoms with E-state index in [4.69, 9.17) is 14.5 Å². The summed E-state index contributed by atoms with van der Waals surface area (Å²) >= 11 is 0. The van der Waals surface area contributed by atoms with E-state index in [1.54, 1.807) is 0 Å². The first-order valence-corrected chi connectivity index (χ1v) is 14.2. The largest absolute Gasteiger partial charge is 0.465 e. The van der Waals surface area contributed by atoms with Crippen LogP contribution in [0.3, 0.4) is 0 Å². The zero-order valence-corrected chi connectivity index (χ0v) is 25.9. The van der Waals surface area contributed by atoms with Gasteiger partial charge in [-0.15, -0.1) is 0 Å². The zero-order chi connectivity index (χ0) is 29.8. The monoisotopic (exact) mass is 539 g/mol. The average molecular weight is 540 g/mol. The Morgan fingerprint density at radius 2 is 1.69 bits per heavy atom. The first-order valence-electron chi connectivity index (χ1n) is 14.2. The van der Waals surface area contributed by atoms with Crippen molar-refractivity contribution in [3.63, 3.8) is 0 Å². The molecule has 0 spiro atoms. The summed E-state index contributed by atoms with van der Waals surface area (Å²) in [5.74, 6) is -0.360. The summed E-state index contributed by atoms with van der Waals surface area (Å²) in [4.78, 5) is 28.6. The van der Waals surface area contributed by atoms with Crippen molar-refractivity contribution < 1.29 is 19.1 Å². The molecule has 0 saturated heterocycles. The van der Waals surface area contributed by atoms with E-state index in [1.807, 2.05) is 61.5 Å². The molecule has 7 heteroatoms. The molecular formula is C32H49N3O4. The number of fused-ring (bicyclic) bond motifs is 1. The minimum absolute atomic E-state index is 0.360. The number of hydrogen-bond donors (Lipinski definition) is 1. The van der Waals surface area contributed by atoms with E-state index in [0.29, 0.717) is 17.8 Å². The molecule has 39 heavy (non-hydrogen) atoms. The molecule has 3 aromatic rings. The average Bonchev–Trinajstić information content (AvgIpc) is 3.23. The Balaban J connectivity index is 0.00000181. The third-order valence-corrected chi connectivity index (χ3v) is 6.02. The number of hydrogen-bond acceptors (Lipinski definition) is 5. The lowest BCUT2D eigenvalue weighted by Gasteiger charge is -2.19. The summed E-state index contributed by atoms with van der Waals surface area (Å²) in [5, 5.41) is 3.98. The van der Waals surface area contributed by atoms with Crippen molar-refractivity contribution in [2.24, 2.45) is 7.05 Å². The van der Waals surface area contributed by atoms with E-state index in [2.05, 4.69) is 48.1 Å². The molecule has 2 aromatic heterocycles. The maximum Gasteiger partial charge on any atom is 0.407 e. The summed E-state index contributed by atoms with van der Waals surface area (Å²) in [6.45, 7) is 18.1. The second-order valence-electron chi connectivity index (χ2n) is 9.83. The number of alkyl carbamates (subject to hydrolysis) is 1. The summed E-state index contributed by atoms with van der Waals surface area (Å²) < 4.78 is 12.4. The van der Waals surface area contributed by atoms with Gasteiger partial charge in [-0.2, -0.15) is 0 Å². The number of carbonyl (C=O) groups is 2. The highest BCUT2D eigenvalue weighted by atomic mass is 16.6. The van der Waals surface area contributed by atoms with Crippen molar-refractivity contribution in [1.29, 1.82) is 0 Å². The number of amides is 1. The van der Waals surface area contributed by atoms with E-state index in [9.17, 15) is 9.59 Å². The highest BCUT2D eigenvalue weighted by Crippen LogP contribution is 2.29. The molecule has 0 aliphatic heterocycles. The number of esters is 1. The number of methoxy groups -OCH3 is 1. The molecule has 0 radical (unpaired) electrons. The van der Waals surface area contributed by atoms with Crippen molar-refractivity contribution in [3.8, 4) is 11.3 Å². The fourth-order valence-corrected chi connectivity index (χ4v) is 4.21. The maximum atomic E-state index is 12.1. The predicted molar refractivity (Wildman–Crippen MR) is 161 cm³/mol. The minimum Gasteiger partial charge on any atom is -0.465 e. The number of benzene rings is 1. The third kappa shape index (κ3) is 9.41. The summed E-state index contributed by atoms with van der Waals surface area (Å²) in [6, 6.07) is 10.5. The van der Waals surface area contributed by atoms with E-state index in [0.717, 1.165) is 53.4 Å². The van der Waals surface area contributed by atoms with E-state index in [-0.39, 0.29) is 12.1 Å². The van der Waals surface area contributed by atoms with E-state index in [1.165, 1.54) is 12.8 Å². The number of rotatable bonds is 8. The molecule has 0 aliphatic carbocycles. The van der Waals surface area contributed by atoms with Crippen LogP contribution in [0.4, 0.5) is 4.79 Å². The van der Waals surface area contributed by atoms with Crippen molar-refractivity contribution >= 4 is 23.0 Å². The first-order chi connectivity index (χ1) is 18.5. The van der Waals surface area contributed by atoms with Crippen molar-refractivity contribution in [2.45, 2.75) is 93.6 Å². The Morgan fingerprint density at radius 1 is 1.03 bits per heavy atom. The predicted octanol–water partition coefficient (Wildman–Crippen LogP) is 7.80. The van der Waals surface area contributed by atoms with Gasteiger partial charge in [0.05, 0.1) is 24.1 Å². The SMILES string of the molecule is CC.CC.CCc1cc(C(=O)OC)c(C)nc1-c1ccc2c(c1)cc(CCCCNC(=O)OC(C)(C)C)n2C. The lowest BCUT2D eigenvalue weighted by Crippen LogP contribution is -2.33. The van der Waals surface area contributed by atoms with Gasteiger partial charge in [-0.05, 0) is 83.2 Å². The van der Waals surface area contributed by atoms with Gasteiger partial charge in [-0.1, -0.05) is 40.7 Å². The first kappa shape index (κ1) is 33.7. The Bertz CT molecular complexity index is 1220. The van der Waals surface area contributed by atoms with Crippen LogP contribution in [0.2, 0.25) is 0 Å². The van der Waals surface area contributed by atoms with Crippen LogP contribution in [-0.4, -0.2) is 40.9 Å². The lowest BCUT2D eigenvalue weighted by atomic mass is 9.99. The van der Waals surface area contributed by atoms with E-state index >= 15 is 0 Å². The molecule has 3 rings (SSSR count). The topological polar surface area (TPSA) is 82.4 Å². The second-order valence-corrected chi connectivity index (χ2v) is 9.83. The van der Waals surface area contributed by atoms with Gasteiger partial charge in [0.15, 0.2) is 0 Å². The molecule has 0 saturated carbocycles. The second kappa shape index (κ2) is 15.9. The van der Waals surface area contributed by atoms with Crippen molar-refractivity contribution in [1.82, 2.24) is 14.9 Å². The van der Waals surface area contributed by atoms with Gasteiger partial charge in [-0.25, -0.2) is 9.59 Å². The molecule has 0 unspecified atom stereocenters. The Morgan fingerprint density at radius 3 is 2.28 bits per heavy atom. The number of nitrogens with zero attached hydrogens (tertiary/aromatic N) is 2. The smallest absolute Gasteiger partial charge is 0.407 e. The van der Waals surface area contributed by atoms with Crippen LogP contribution in [-0.2, 0) is 29.4 Å². The molecule has 0 aliphatic rings. The quantitative estimate of drug-likeness (QED) is 0.233. The number of unbranched alkanes of at least 4 members (excludes halogenated alkanes) is 1. The Kier molecular flexibility index (Phi) is 13.7. The fraction of sp³-hybridized carbons (Fsp3) is 0.531. The van der Waals surface area contributed by atoms with Crippen LogP contribution in [0.5, 0.6) is 0 Å². The van der Waals surface area contributed by atoms with Gasteiger partial charge >= 0.3 is 12.1 Å². The fourth-order valence-electron chi connectivity index (χ4n) is 4.21. The van der Waals surface area contributed by atoms with Crippen LogP contribution in [0.1, 0.15) is 95.5 Å². The van der Waals surface area contributed by atoms with Crippen LogP contribution in [0, 0.1) is 6.92 Å². The molecule has 1 N–H and O–H groups in total. The van der Waals surface area contributed by atoms with Crippen LogP contribution < -0.4 is 5.32 Å². The molecule has 0 bridgehead atoms. The van der Waals surface area contributed by atoms with Crippen LogP contribution >= 0.6 is 0 Å². The summed E-state index contributed by atoms with van der Waals surface area (Å²) in [6.07, 6.45) is 3.15. The molecule has 1 amide bonds. The van der Waals surface area contributed by atoms with Gasteiger partial charge < -0.3 is 19.4 Å². The number of ether oxygens (including phenoxy) is 2. The number of carbonyl (C=O) groups excluding carboxylic acids is 2. The van der Waals surface area contributed by atoms with Crippen molar-refractivity contribution in [2.75, 3.05) is 13.7 Å². The Labute approximate surface area is 235 Å². The highest BCUT2D eigenvalue weighted by molar-refractivity contribution is 5.92. The molecular weight excluding hydrogens is 490 g/mol. The van der Waals surface area contributed by atoms with Gasteiger partial charge in [0.2, 0.25) is 0 Å². The van der Waals surface area contributed by atoms with Crippen LogP contribution in [0.25, 0.3) is 22.2 Å². The number of nitrogens with one attached hydrogen (secondary N) is 1. The molecule has 2 heterocycles. The summed E-state index contributed by atoms with van der Waals surface area (Å²) in [7, 11) is 3.47. The molecule has 7 nitrogen and oxygen atoms in total. The maximum absolute atomic E-state index is 12.1. The molecule has 0 atom stereocenters. The molecule has 0 fully saturated rings. The number of pyridine rings is 1. The lowest BCUT2D eigenvalue weighted by molar-refractivity contribution is 0.0525. The van der Waals surface area contributed by atoms with Gasteiger partial charge in [0.25, 0.3) is 0 Å². The molecule has 1 aromatic carbocycles. The van der Waals surface area contributed by atoms with E-state index < -0.39 is 5.60 Å². The summed E-state index contributed by atoms with van der Waals surface area (Å²) in [5.41, 5.74) is 6.05. The van der Waals surface area contributed by atoms with Crippen molar-refractivity contribution in [3.05, 3.63) is 52.8 Å². The minimum atomic E-state index is -0.485. The number of aryl methyl sites for hydroxylation is 4. The van der Waals surface area contributed by atoms with Gasteiger partial charge in [0.1, 0.15) is 5.60 Å². The molecule has 216 valence electrons. The van der Waals surface area contributed by atoms with Crippen LogP contribution in [0.15, 0.2) is 30.3 Å². The highest BCUT2D eigenvalue weighted by Gasteiger charge is 2.17. The van der Waals surface area contributed by atoms with Gasteiger partial charge in [0, 0.05) is 35.8 Å². The standard InChI is InChI=1S/C28H37N3O4.2C2H6/c1-8-19-17-23(26(32)34-7)18(2)30-25(19)20-12-13-24-21(15-20)16-22(31(24)6)11-9-10-14-29-27(33)35-28(3,4)5;2*1-2/h12-13,15-17H,8-11,14H2,1-7H3,(H,29,33);2*1-2H3. The zero-order valence-electron chi connectivity index (χ0n) is 25.9. The Hall–Kier alpha value is -3.35.